The number of para-hydroxylation sites is 2. The van der Waals surface area contributed by atoms with E-state index >= 15 is 0 Å². The summed E-state index contributed by atoms with van der Waals surface area (Å²) in [5.41, 5.74) is 3.33. The van der Waals surface area contributed by atoms with Gasteiger partial charge in [0.05, 0.1) is 12.6 Å². The van der Waals surface area contributed by atoms with Crippen molar-refractivity contribution in [3.8, 4) is 17.2 Å². The molecular weight excluding hydrogens is 438 g/mol. The first-order valence-electron chi connectivity index (χ1n) is 13.0. The normalized spacial score (nSPS) is 14.7. The van der Waals surface area contributed by atoms with Crippen LogP contribution in [-0.2, 0) is 11.2 Å². The van der Waals surface area contributed by atoms with Crippen molar-refractivity contribution in [3.63, 3.8) is 0 Å². The highest BCUT2D eigenvalue weighted by Gasteiger charge is 2.27. The zero-order valence-corrected chi connectivity index (χ0v) is 21.3. The van der Waals surface area contributed by atoms with Gasteiger partial charge in [-0.25, -0.2) is 9.47 Å². The van der Waals surface area contributed by atoms with Gasteiger partial charge in [-0.1, -0.05) is 50.3 Å². The maximum Gasteiger partial charge on any atom is 0.258 e. The van der Waals surface area contributed by atoms with Crippen LogP contribution < -0.4 is 9.47 Å². The number of unbranched alkanes of at least 4 members (excludes halogenated alkanes) is 3. The Morgan fingerprint density at radius 2 is 1.80 bits per heavy atom. The van der Waals surface area contributed by atoms with Gasteiger partial charge in [-0.3, -0.25) is 0 Å². The number of fused-ring (bicyclic) bond motifs is 1. The molecular formula is C29H37N3O3. The maximum atomic E-state index is 11.3. The van der Waals surface area contributed by atoms with Crippen LogP contribution in [0.15, 0.2) is 47.6 Å². The number of nitrogens with zero attached hydrogens (tertiary/aromatic N) is 3. The first-order valence-corrected chi connectivity index (χ1v) is 13.0. The summed E-state index contributed by atoms with van der Waals surface area (Å²) < 4.78 is 13.5. The number of hydrogen-bond donors (Lipinski definition) is 0. The van der Waals surface area contributed by atoms with Crippen LogP contribution in [0.4, 0.5) is 0 Å². The molecule has 3 aromatic rings. The summed E-state index contributed by atoms with van der Waals surface area (Å²) in [4.78, 5) is 13.9. The summed E-state index contributed by atoms with van der Waals surface area (Å²) in [5.74, 6) is 2.54. The topological polar surface area (TPSA) is 56.1 Å². The molecule has 0 spiro atoms. The number of piperidine rings is 1. The van der Waals surface area contributed by atoms with E-state index in [9.17, 15) is 4.79 Å². The lowest BCUT2D eigenvalue weighted by Gasteiger charge is -2.32. The van der Waals surface area contributed by atoms with Gasteiger partial charge in [-0.05, 0) is 87.1 Å². The predicted octanol–water partition coefficient (Wildman–Crippen LogP) is 6.86. The lowest BCUT2D eigenvalue weighted by Crippen LogP contribution is -2.33. The van der Waals surface area contributed by atoms with Crippen molar-refractivity contribution in [2.45, 2.75) is 64.7 Å². The van der Waals surface area contributed by atoms with E-state index in [-0.39, 0.29) is 0 Å². The van der Waals surface area contributed by atoms with Crippen molar-refractivity contribution in [2.24, 2.45) is 5.10 Å². The van der Waals surface area contributed by atoms with E-state index < -0.39 is 0 Å². The SMILES string of the molecule is CCCCCCN1CCC(c2c(CC)n(N=C=O)c3ccc(Oc4ccccc4OC)cc23)CC1. The van der Waals surface area contributed by atoms with Gasteiger partial charge in [0, 0.05) is 11.1 Å². The van der Waals surface area contributed by atoms with Gasteiger partial charge in [-0.15, -0.1) is 0 Å². The Morgan fingerprint density at radius 3 is 2.49 bits per heavy atom. The second-order valence-electron chi connectivity index (χ2n) is 9.33. The molecule has 0 unspecified atom stereocenters. The Balaban J connectivity index is 1.64. The van der Waals surface area contributed by atoms with Crippen molar-refractivity contribution in [3.05, 3.63) is 53.7 Å². The van der Waals surface area contributed by atoms with Gasteiger partial charge >= 0.3 is 0 Å². The van der Waals surface area contributed by atoms with Crippen LogP contribution in [0, 0.1) is 0 Å². The molecule has 186 valence electrons. The van der Waals surface area contributed by atoms with E-state index in [0.717, 1.165) is 54.7 Å². The molecule has 0 N–H and O–H groups in total. The molecule has 6 heteroatoms. The Labute approximate surface area is 208 Å². The molecule has 0 atom stereocenters. The monoisotopic (exact) mass is 475 g/mol. The second kappa shape index (κ2) is 12.1. The number of likely N-dealkylation sites (tertiary alicyclic amines) is 1. The zero-order valence-electron chi connectivity index (χ0n) is 21.3. The van der Waals surface area contributed by atoms with Crippen molar-refractivity contribution in [1.29, 1.82) is 0 Å². The molecule has 1 fully saturated rings. The van der Waals surface area contributed by atoms with Crippen LogP contribution in [0.5, 0.6) is 17.2 Å². The van der Waals surface area contributed by atoms with Gasteiger partial charge in [-0.2, -0.15) is 0 Å². The number of ether oxygens (including phenoxy) is 2. The Bertz CT molecular complexity index is 1170. The lowest BCUT2D eigenvalue weighted by molar-refractivity contribution is 0.208. The van der Waals surface area contributed by atoms with Crippen LogP contribution in [-0.4, -0.2) is 42.4 Å². The van der Waals surface area contributed by atoms with E-state index in [1.165, 1.54) is 37.8 Å². The van der Waals surface area contributed by atoms with E-state index in [2.05, 4.69) is 29.9 Å². The number of hydrogen-bond acceptors (Lipinski definition) is 5. The Kier molecular flexibility index (Phi) is 8.62. The molecule has 1 saturated heterocycles. The molecule has 35 heavy (non-hydrogen) atoms. The molecule has 4 rings (SSSR count). The first-order chi connectivity index (χ1) is 17.2. The number of isocyanates is 1. The highest BCUT2D eigenvalue weighted by Crippen LogP contribution is 2.40. The largest absolute Gasteiger partial charge is 0.493 e. The summed E-state index contributed by atoms with van der Waals surface area (Å²) in [7, 11) is 1.64. The first kappa shape index (κ1) is 25.0. The molecule has 0 aliphatic carbocycles. The minimum Gasteiger partial charge on any atom is -0.493 e. The summed E-state index contributed by atoms with van der Waals surface area (Å²) in [6.45, 7) is 7.81. The molecule has 6 nitrogen and oxygen atoms in total. The molecule has 2 aromatic carbocycles. The molecule has 1 aromatic heterocycles. The molecule has 2 heterocycles. The number of aromatic nitrogens is 1. The summed E-state index contributed by atoms with van der Waals surface area (Å²) in [5, 5.41) is 5.18. The minimum absolute atomic E-state index is 0.434. The fourth-order valence-electron chi connectivity index (χ4n) is 5.38. The van der Waals surface area contributed by atoms with Crippen LogP contribution in [0.2, 0.25) is 0 Å². The van der Waals surface area contributed by atoms with Gasteiger partial charge in [0.25, 0.3) is 6.08 Å². The van der Waals surface area contributed by atoms with Crippen LogP contribution in [0.1, 0.15) is 69.5 Å². The molecule has 0 radical (unpaired) electrons. The van der Waals surface area contributed by atoms with E-state index in [1.807, 2.05) is 36.4 Å². The maximum absolute atomic E-state index is 11.3. The van der Waals surface area contributed by atoms with Crippen molar-refractivity contribution in [1.82, 2.24) is 9.58 Å². The minimum atomic E-state index is 0.434. The van der Waals surface area contributed by atoms with Gasteiger partial charge < -0.3 is 14.4 Å². The van der Waals surface area contributed by atoms with Gasteiger partial charge in [0.1, 0.15) is 5.75 Å². The van der Waals surface area contributed by atoms with E-state index in [1.54, 1.807) is 17.9 Å². The fraction of sp³-hybridized carbons (Fsp3) is 0.483. The fourth-order valence-corrected chi connectivity index (χ4v) is 5.38. The second-order valence-corrected chi connectivity index (χ2v) is 9.33. The smallest absolute Gasteiger partial charge is 0.258 e. The van der Waals surface area contributed by atoms with E-state index in [4.69, 9.17) is 9.47 Å². The van der Waals surface area contributed by atoms with Crippen molar-refractivity contribution in [2.75, 3.05) is 26.7 Å². The third-order valence-corrected chi connectivity index (χ3v) is 7.15. The number of methoxy groups -OCH3 is 1. The number of rotatable bonds is 11. The Morgan fingerprint density at radius 1 is 1.03 bits per heavy atom. The molecule has 0 amide bonds. The summed E-state index contributed by atoms with van der Waals surface area (Å²) >= 11 is 0. The van der Waals surface area contributed by atoms with Gasteiger partial charge in [0.15, 0.2) is 11.5 Å². The average Bonchev–Trinajstić information content (AvgIpc) is 3.20. The predicted molar refractivity (Wildman–Crippen MR) is 140 cm³/mol. The summed E-state index contributed by atoms with van der Waals surface area (Å²) in [6.07, 6.45) is 10.00. The average molecular weight is 476 g/mol. The lowest BCUT2D eigenvalue weighted by atomic mass is 9.86. The van der Waals surface area contributed by atoms with Crippen molar-refractivity contribution < 1.29 is 14.3 Å². The third-order valence-electron chi connectivity index (χ3n) is 7.15. The number of carbonyl (C=O) groups excluding carboxylic acids is 1. The van der Waals surface area contributed by atoms with E-state index in [0.29, 0.717) is 17.4 Å². The summed E-state index contributed by atoms with van der Waals surface area (Å²) in [6, 6.07) is 13.7. The number of benzene rings is 2. The van der Waals surface area contributed by atoms with Gasteiger partial charge in [0.2, 0.25) is 0 Å². The standard InChI is InChI=1S/C29H37N3O3/c1-4-6-7-10-17-31-18-15-22(16-19-31)29-24-20-23(35-28-12-9-8-11-27(28)34-3)13-14-26(24)32(30-21-33)25(29)5-2/h8-9,11-14,20,22H,4-7,10,15-19H2,1-3H3. The molecule has 1 aliphatic rings. The van der Waals surface area contributed by atoms with Crippen molar-refractivity contribution >= 4 is 17.0 Å². The third kappa shape index (κ3) is 5.61. The van der Waals surface area contributed by atoms with Crippen LogP contribution in [0.3, 0.4) is 0 Å². The Hall–Kier alpha value is -3.08. The molecule has 0 bridgehead atoms. The quantitative estimate of drug-likeness (QED) is 0.173. The zero-order chi connectivity index (χ0) is 24.6. The molecule has 0 saturated carbocycles. The highest BCUT2D eigenvalue weighted by atomic mass is 16.5. The van der Waals surface area contributed by atoms with Crippen LogP contribution in [0.25, 0.3) is 10.9 Å². The van der Waals surface area contributed by atoms with Crippen LogP contribution >= 0.6 is 0 Å². The highest BCUT2D eigenvalue weighted by molar-refractivity contribution is 5.88. The molecule has 1 aliphatic heterocycles.